The van der Waals surface area contributed by atoms with Crippen LogP contribution in [0.2, 0.25) is 0 Å². The average Bonchev–Trinajstić information content (AvgIpc) is 4.12. The summed E-state index contributed by atoms with van der Waals surface area (Å²) >= 11 is 4.60. The van der Waals surface area contributed by atoms with Crippen LogP contribution in [-0.4, -0.2) is 9.13 Å². The molecule has 0 bridgehead atoms. The standard InChI is InChI=1S/C54H32N2O2.C6H4I2.CH4/c1-5-18-43-37(14-1)41-31-35(26-28-45(41)55(43)47-20-10-24-51-53(47)39-16-3-7-22-49(39)57-51)33-12-9-13-34(30-33)36-27-29-46-42(32-36)38-15-2-6-19-44(38)56(46)48-21-11-25-52-54(48)40-17-4-8-23-50(40)58-52;7-5-2-1-3-6(8)4-5;/h1-32H;1-4H;1H4. The average molecular weight is 1090 g/mol. The second-order valence-electron chi connectivity index (χ2n) is 16.7. The minimum Gasteiger partial charge on any atom is -0.456 e. The maximum absolute atomic E-state index is 6.31. The molecule has 0 fully saturated rings. The van der Waals surface area contributed by atoms with E-state index in [-0.39, 0.29) is 7.43 Å². The first-order valence-electron chi connectivity index (χ1n) is 22.0. The van der Waals surface area contributed by atoms with Crippen molar-refractivity contribution in [3.63, 3.8) is 0 Å². The highest BCUT2D eigenvalue weighted by molar-refractivity contribution is 14.1. The van der Waals surface area contributed by atoms with Crippen molar-refractivity contribution in [2.45, 2.75) is 7.43 Å². The van der Waals surface area contributed by atoms with Gasteiger partial charge in [0.2, 0.25) is 0 Å². The van der Waals surface area contributed by atoms with Crippen molar-refractivity contribution in [3.8, 4) is 33.6 Å². The van der Waals surface area contributed by atoms with E-state index < -0.39 is 0 Å². The van der Waals surface area contributed by atoms with Gasteiger partial charge in [-0.1, -0.05) is 129 Å². The molecule has 0 saturated heterocycles. The van der Waals surface area contributed by atoms with Gasteiger partial charge in [-0.3, -0.25) is 0 Å². The van der Waals surface area contributed by atoms with Crippen LogP contribution in [0.5, 0.6) is 0 Å². The maximum atomic E-state index is 6.31. The molecule has 0 unspecified atom stereocenters. The summed E-state index contributed by atoms with van der Waals surface area (Å²) in [6.45, 7) is 0. The number of benzene rings is 10. The van der Waals surface area contributed by atoms with Gasteiger partial charge in [0.25, 0.3) is 0 Å². The number of halogens is 2. The summed E-state index contributed by atoms with van der Waals surface area (Å²) in [7, 11) is 0. The molecule has 0 atom stereocenters. The summed E-state index contributed by atoms with van der Waals surface area (Å²) in [5.74, 6) is 0. The molecular formula is C61H40I2N2O2. The number of nitrogens with zero attached hydrogens (tertiary/aromatic N) is 2. The van der Waals surface area contributed by atoms with Crippen LogP contribution in [0.25, 0.3) is 121 Å². The van der Waals surface area contributed by atoms with E-state index in [1.54, 1.807) is 0 Å². The van der Waals surface area contributed by atoms with Crippen LogP contribution >= 0.6 is 45.2 Å². The lowest BCUT2D eigenvalue weighted by Gasteiger charge is -2.11. The predicted molar refractivity (Wildman–Crippen MR) is 299 cm³/mol. The zero-order valence-corrected chi connectivity index (χ0v) is 39.6. The molecule has 14 aromatic rings. The van der Waals surface area contributed by atoms with Crippen LogP contribution in [0.1, 0.15) is 7.43 Å². The molecule has 0 spiro atoms. The zero-order valence-electron chi connectivity index (χ0n) is 35.3. The lowest BCUT2D eigenvalue weighted by molar-refractivity contribution is 0.668. The number of fused-ring (bicyclic) bond motifs is 12. The Kier molecular flexibility index (Phi) is 10.3. The smallest absolute Gasteiger partial charge is 0.137 e. The molecule has 14 rings (SSSR count). The van der Waals surface area contributed by atoms with Gasteiger partial charge in [0.1, 0.15) is 22.3 Å². The molecule has 320 valence electrons. The summed E-state index contributed by atoms with van der Waals surface area (Å²) in [6.07, 6.45) is 0. The van der Waals surface area contributed by atoms with E-state index >= 15 is 0 Å². The van der Waals surface area contributed by atoms with E-state index in [1.165, 1.54) is 73.0 Å². The summed E-state index contributed by atoms with van der Waals surface area (Å²) < 4.78 is 20.0. The third-order valence-electron chi connectivity index (χ3n) is 12.9. The van der Waals surface area contributed by atoms with Crippen molar-refractivity contribution in [2.24, 2.45) is 0 Å². The molecule has 0 aliphatic carbocycles. The molecule has 10 aromatic carbocycles. The zero-order chi connectivity index (χ0) is 43.9. The molecular weight excluding hydrogens is 1050 g/mol. The van der Waals surface area contributed by atoms with Gasteiger partial charge in [-0.05, 0) is 164 Å². The molecule has 6 heteroatoms. The van der Waals surface area contributed by atoms with Gasteiger partial charge in [0, 0.05) is 39.5 Å². The Morgan fingerprint density at radius 2 is 0.657 bits per heavy atom. The summed E-state index contributed by atoms with van der Waals surface area (Å²) in [5, 5.41) is 9.39. The molecule has 67 heavy (non-hydrogen) atoms. The molecule has 0 aliphatic rings. The van der Waals surface area contributed by atoms with Crippen LogP contribution in [0.4, 0.5) is 0 Å². The lowest BCUT2D eigenvalue weighted by atomic mass is 9.97. The van der Waals surface area contributed by atoms with Crippen molar-refractivity contribution < 1.29 is 8.83 Å². The fourth-order valence-electron chi connectivity index (χ4n) is 10.0. The Labute approximate surface area is 413 Å². The highest BCUT2D eigenvalue weighted by Crippen LogP contribution is 2.42. The Balaban J connectivity index is 0.000000475. The van der Waals surface area contributed by atoms with Gasteiger partial charge in [-0.15, -0.1) is 0 Å². The second kappa shape index (κ2) is 16.6. The van der Waals surface area contributed by atoms with Crippen LogP contribution in [-0.2, 0) is 0 Å². The van der Waals surface area contributed by atoms with Gasteiger partial charge in [-0.2, -0.15) is 0 Å². The number of rotatable bonds is 4. The monoisotopic (exact) mass is 1090 g/mol. The summed E-state index contributed by atoms with van der Waals surface area (Å²) in [4.78, 5) is 0. The summed E-state index contributed by atoms with van der Waals surface area (Å²) in [5.41, 5.74) is 15.2. The van der Waals surface area contributed by atoms with Crippen molar-refractivity contribution in [3.05, 3.63) is 226 Å². The van der Waals surface area contributed by atoms with Gasteiger partial charge >= 0.3 is 0 Å². The number of furan rings is 2. The first-order valence-corrected chi connectivity index (χ1v) is 24.1. The first-order chi connectivity index (χ1) is 32.6. The van der Waals surface area contributed by atoms with E-state index in [0.717, 1.165) is 55.3 Å². The normalized spacial score (nSPS) is 11.6. The molecule has 0 amide bonds. The Hall–Kier alpha value is -7.14. The quantitative estimate of drug-likeness (QED) is 0.165. The van der Waals surface area contributed by atoms with Crippen molar-refractivity contribution in [2.75, 3.05) is 0 Å². The summed E-state index contributed by atoms with van der Waals surface area (Å²) in [6, 6.07) is 78.0. The minimum atomic E-state index is 0. The van der Waals surface area contributed by atoms with E-state index in [4.69, 9.17) is 8.83 Å². The number of para-hydroxylation sites is 4. The molecule has 0 N–H and O–H groups in total. The van der Waals surface area contributed by atoms with Crippen molar-refractivity contribution in [1.82, 2.24) is 9.13 Å². The van der Waals surface area contributed by atoms with Crippen LogP contribution < -0.4 is 0 Å². The third kappa shape index (κ3) is 6.83. The Bertz CT molecular complexity index is 3960. The number of hydrogen-bond donors (Lipinski definition) is 0. The molecule has 0 saturated carbocycles. The van der Waals surface area contributed by atoms with E-state index in [0.29, 0.717) is 0 Å². The fourth-order valence-corrected chi connectivity index (χ4v) is 11.7. The fraction of sp³-hybridized carbons (Fsp3) is 0.0164. The molecule has 4 aromatic heterocycles. The van der Waals surface area contributed by atoms with Gasteiger partial charge in [0.15, 0.2) is 0 Å². The maximum Gasteiger partial charge on any atom is 0.137 e. The Morgan fingerprint density at radius 1 is 0.284 bits per heavy atom. The SMILES string of the molecule is C.Ic1cccc(I)c1.c1cc(-c2ccc3c(c2)c2ccccc2n3-c2cccc3oc4ccccc4c23)cc(-c2ccc3c(c2)c2ccccc2n3-c2cccc3oc4ccccc4c23)c1. The second-order valence-corrected chi connectivity index (χ2v) is 19.2. The largest absolute Gasteiger partial charge is 0.456 e. The lowest BCUT2D eigenvalue weighted by Crippen LogP contribution is -1.94. The van der Waals surface area contributed by atoms with Crippen LogP contribution in [0.15, 0.2) is 227 Å². The van der Waals surface area contributed by atoms with E-state index in [2.05, 4.69) is 248 Å². The van der Waals surface area contributed by atoms with Crippen LogP contribution in [0.3, 0.4) is 0 Å². The molecule has 4 nitrogen and oxygen atoms in total. The highest BCUT2D eigenvalue weighted by Gasteiger charge is 2.20. The number of aromatic nitrogens is 2. The predicted octanol–water partition coefficient (Wildman–Crippen LogP) is 18.5. The van der Waals surface area contributed by atoms with E-state index in [1.807, 2.05) is 24.3 Å². The number of hydrogen-bond acceptors (Lipinski definition) is 2. The van der Waals surface area contributed by atoms with E-state index in [9.17, 15) is 0 Å². The highest BCUT2D eigenvalue weighted by atomic mass is 127. The van der Waals surface area contributed by atoms with Gasteiger partial charge in [0.05, 0.1) is 44.2 Å². The first kappa shape index (κ1) is 41.3. The third-order valence-corrected chi connectivity index (χ3v) is 14.2. The molecule has 0 aliphatic heterocycles. The molecule has 0 radical (unpaired) electrons. The van der Waals surface area contributed by atoms with Crippen molar-refractivity contribution in [1.29, 1.82) is 0 Å². The molecule has 4 heterocycles. The topological polar surface area (TPSA) is 36.1 Å². The van der Waals surface area contributed by atoms with Crippen LogP contribution in [0, 0.1) is 7.14 Å². The minimum absolute atomic E-state index is 0. The Morgan fingerprint density at radius 3 is 1.12 bits per heavy atom. The van der Waals surface area contributed by atoms with Gasteiger partial charge in [-0.25, -0.2) is 0 Å². The van der Waals surface area contributed by atoms with Gasteiger partial charge < -0.3 is 18.0 Å². The van der Waals surface area contributed by atoms with Crippen molar-refractivity contribution >= 4 is 133 Å².